The summed E-state index contributed by atoms with van der Waals surface area (Å²) in [6, 6.07) is 24.5. The second kappa shape index (κ2) is 6.30. The highest BCUT2D eigenvalue weighted by Crippen LogP contribution is 2.36. The number of fused-ring (bicyclic) bond motifs is 3. The Morgan fingerprint density at radius 3 is 2.46 bits per heavy atom. The van der Waals surface area contributed by atoms with Crippen molar-refractivity contribution >= 4 is 37.7 Å². The van der Waals surface area contributed by atoms with E-state index in [-0.39, 0.29) is 0 Å². The SMILES string of the molecule is Brc1cccc(-c2ccc3c(c2)c2ccccc2n3C2C=CC=CC2)c1. The number of rotatable bonds is 2. The molecule has 1 aliphatic carbocycles. The van der Waals surface area contributed by atoms with E-state index in [4.69, 9.17) is 0 Å². The Morgan fingerprint density at radius 1 is 0.769 bits per heavy atom. The first-order valence-corrected chi connectivity index (χ1v) is 9.72. The van der Waals surface area contributed by atoms with Crippen molar-refractivity contribution in [2.24, 2.45) is 0 Å². The average Bonchev–Trinajstić information content (AvgIpc) is 3.02. The van der Waals surface area contributed by atoms with E-state index in [0.717, 1.165) is 10.9 Å². The molecule has 1 aromatic heterocycles. The highest BCUT2D eigenvalue weighted by atomic mass is 79.9. The van der Waals surface area contributed by atoms with Gasteiger partial charge >= 0.3 is 0 Å². The van der Waals surface area contributed by atoms with Crippen molar-refractivity contribution < 1.29 is 0 Å². The maximum Gasteiger partial charge on any atom is 0.0560 e. The molecule has 0 N–H and O–H groups in total. The highest BCUT2D eigenvalue weighted by Gasteiger charge is 2.17. The molecule has 1 nitrogen and oxygen atoms in total. The van der Waals surface area contributed by atoms with E-state index >= 15 is 0 Å². The maximum absolute atomic E-state index is 3.59. The van der Waals surface area contributed by atoms with Gasteiger partial charge in [-0.15, -0.1) is 0 Å². The maximum atomic E-state index is 3.59. The Balaban J connectivity index is 1.78. The molecule has 0 radical (unpaired) electrons. The molecule has 2 heteroatoms. The number of nitrogens with zero attached hydrogens (tertiary/aromatic N) is 1. The zero-order valence-electron chi connectivity index (χ0n) is 14.3. The molecular formula is C24H18BrN. The number of para-hydroxylation sites is 1. The van der Waals surface area contributed by atoms with Gasteiger partial charge in [0.05, 0.1) is 6.04 Å². The van der Waals surface area contributed by atoms with Crippen LogP contribution < -0.4 is 0 Å². The van der Waals surface area contributed by atoms with Crippen molar-refractivity contribution in [1.82, 2.24) is 4.57 Å². The summed E-state index contributed by atoms with van der Waals surface area (Å²) in [5.74, 6) is 0. The Labute approximate surface area is 161 Å². The number of aromatic nitrogens is 1. The summed E-state index contributed by atoms with van der Waals surface area (Å²) >= 11 is 3.59. The second-order valence-corrected chi connectivity index (χ2v) is 7.66. The number of hydrogen-bond donors (Lipinski definition) is 0. The summed E-state index contributed by atoms with van der Waals surface area (Å²) in [5, 5.41) is 2.64. The van der Waals surface area contributed by atoms with E-state index in [1.54, 1.807) is 0 Å². The molecular weight excluding hydrogens is 382 g/mol. The number of allylic oxidation sites excluding steroid dienone is 4. The Hall–Kier alpha value is -2.58. The van der Waals surface area contributed by atoms with Crippen LogP contribution in [0.4, 0.5) is 0 Å². The monoisotopic (exact) mass is 399 g/mol. The largest absolute Gasteiger partial charge is 0.333 e. The molecule has 126 valence electrons. The fourth-order valence-electron chi connectivity index (χ4n) is 3.97. The van der Waals surface area contributed by atoms with Crippen LogP contribution in [0.25, 0.3) is 32.9 Å². The van der Waals surface area contributed by atoms with Crippen LogP contribution >= 0.6 is 15.9 Å². The van der Waals surface area contributed by atoms with Crippen molar-refractivity contribution in [3.8, 4) is 11.1 Å². The molecule has 0 saturated carbocycles. The van der Waals surface area contributed by atoms with E-state index in [2.05, 4.69) is 112 Å². The third-order valence-corrected chi connectivity index (χ3v) is 5.65. The highest BCUT2D eigenvalue weighted by molar-refractivity contribution is 9.10. The fourth-order valence-corrected chi connectivity index (χ4v) is 4.37. The first-order chi connectivity index (χ1) is 12.8. The molecule has 1 heterocycles. The summed E-state index contributed by atoms with van der Waals surface area (Å²) in [6.07, 6.45) is 9.88. The molecule has 1 atom stereocenters. The molecule has 1 aliphatic rings. The lowest BCUT2D eigenvalue weighted by molar-refractivity contribution is 0.648. The minimum Gasteiger partial charge on any atom is -0.333 e. The molecule has 1 unspecified atom stereocenters. The summed E-state index contributed by atoms with van der Waals surface area (Å²) in [4.78, 5) is 0. The van der Waals surface area contributed by atoms with E-state index in [1.807, 2.05) is 0 Å². The standard InChI is InChI=1S/C24H18BrN/c25-19-8-6-7-17(15-19)18-13-14-24-22(16-18)21-11-4-5-12-23(21)26(24)20-9-2-1-3-10-20/h1-9,11-16,20H,10H2. The van der Waals surface area contributed by atoms with Crippen molar-refractivity contribution in [2.45, 2.75) is 12.5 Å². The Kier molecular flexibility index (Phi) is 3.79. The normalized spacial score (nSPS) is 16.6. The quantitative estimate of drug-likeness (QED) is 0.333. The van der Waals surface area contributed by atoms with Crippen molar-refractivity contribution in [3.63, 3.8) is 0 Å². The van der Waals surface area contributed by atoms with Gasteiger partial charge in [0.15, 0.2) is 0 Å². The molecule has 4 aromatic rings. The molecule has 0 saturated heterocycles. The van der Waals surface area contributed by atoms with Gasteiger partial charge in [-0.05, 0) is 47.9 Å². The van der Waals surface area contributed by atoms with Gasteiger partial charge in [0.1, 0.15) is 0 Å². The molecule has 0 bridgehead atoms. The smallest absolute Gasteiger partial charge is 0.0560 e. The Morgan fingerprint density at radius 2 is 1.62 bits per heavy atom. The van der Waals surface area contributed by atoms with Crippen LogP contribution in [0.15, 0.2) is 95.5 Å². The van der Waals surface area contributed by atoms with Gasteiger partial charge in [0.2, 0.25) is 0 Å². The number of halogens is 1. The summed E-state index contributed by atoms with van der Waals surface area (Å²) < 4.78 is 3.59. The van der Waals surface area contributed by atoms with Crippen LogP contribution in [-0.4, -0.2) is 4.57 Å². The predicted octanol–water partition coefficient (Wildman–Crippen LogP) is 7.28. The average molecular weight is 400 g/mol. The predicted molar refractivity (Wildman–Crippen MR) is 115 cm³/mol. The van der Waals surface area contributed by atoms with E-state index in [1.165, 1.54) is 32.9 Å². The summed E-state index contributed by atoms with van der Waals surface area (Å²) in [5.41, 5.74) is 5.09. The van der Waals surface area contributed by atoms with E-state index < -0.39 is 0 Å². The van der Waals surface area contributed by atoms with Crippen molar-refractivity contribution in [3.05, 3.63) is 95.5 Å². The van der Waals surface area contributed by atoms with Gasteiger partial charge in [-0.25, -0.2) is 0 Å². The molecule has 3 aromatic carbocycles. The van der Waals surface area contributed by atoms with E-state index in [0.29, 0.717) is 6.04 Å². The van der Waals surface area contributed by atoms with Gasteiger partial charge in [-0.1, -0.05) is 76.6 Å². The topological polar surface area (TPSA) is 4.93 Å². The van der Waals surface area contributed by atoms with Gasteiger partial charge in [-0.3, -0.25) is 0 Å². The van der Waals surface area contributed by atoms with Crippen LogP contribution in [0.1, 0.15) is 12.5 Å². The fraction of sp³-hybridized carbons (Fsp3) is 0.0833. The first-order valence-electron chi connectivity index (χ1n) is 8.93. The summed E-state index contributed by atoms with van der Waals surface area (Å²) in [6.45, 7) is 0. The molecule has 0 fully saturated rings. The zero-order valence-corrected chi connectivity index (χ0v) is 15.9. The van der Waals surface area contributed by atoms with Crippen LogP contribution in [0, 0.1) is 0 Å². The lowest BCUT2D eigenvalue weighted by Gasteiger charge is -2.18. The zero-order chi connectivity index (χ0) is 17.5. The number of hydrogen-bond acceptors (Lipinski definition) is 0. The molecule has 5 rings (SSSR count). The second-order valence-electron chi connectivity index (χ2n) is 6.75. The van der Waals surface area contributed by atoms with Gasteiger partial charge in [-0.2, -0.15) is 0 Å². The lowest BCUT2D eigenvalue weighted by Crippen LogP contribution is -2.06. The molecule has 26 heavy (non-hydrogen) atoms. The third kappa shape index (κ3) is 2.53. The van der Waals surface area contributed by atoms with Crippen LogP contribution in [0.5, 0.6) is 0 Å². The van der Waals surface area contributed by atoms with Crippen LogP contribution in [0.3, 0.4) is 0 Å². The number of benzene rings is 3. The van der Waals surface area contributed by atoms with Gasteiger partial charge in [0.25, 0.3) is 0 Å². The Bertz CT molecular complexity index is 1180. The minimum atomic E-state index is 0.374. The third-order valence-electron chi connectivity index (χ3n) is 5.16. The molecule has 0 spiro atoms. The van der Waals surface area contributed by atoms with Crippen molar-refractivity contribution in [2.75, 3.05) is 0 Å². The van der Waals surface area contributed by atoms with E-state index in [9.17, 15) is 0 Å². The minimum absolute atomic E-state index is 0.374. The molecule has 0 amide bonds. The van der Waals surface area contributed by atoms with Crippen LogP contribution in [0.2, 0.25) is 0 Å². The lowest BCUT2D eigenvalue weighted by atomic mass is 10.0. The van der Waals surface area contributed by atoms with Gasteiger partial charge in [0, 0.05) is 26.3 Å². The summed E-state index contributed by atoms with van der Waals surface area (Å²) in [7, 11) is 0. The van der Waals surface area contributed by atoms with Crippen LogP contribution in [-0.2, 0) is 0 Å². The van der Waals surface area contributed by atoms with Gasteiger partial charge < -0.3 is 4.57 Å². The first kappa shape index (κ1) is 15.7. The van der Waals surface area contributed by atoms with Crippen molar-refractivity contribution in [1.29, 1.82) is 0 Å². The molecule has 0 aliphatic heterocycles.